The molecule has 0 radical (unpaired) electrons. The topological polar surface area (TPSA) is 75.6 Å². The Morgan fingerprint density at radius 2 is 2.10 bits per heavy atom. The predicted octanol–water partition coefficient (Wildman–Crippen LogP) is 2.24. The van der Waals surface area contributed by atoms with Crippen LogP contribution in [0.4, 0.5) is 0 Å². The summed E-state index contributed by atoms with van der Waals surface area (Å²) in [5.74, 6) is -1.16. The summed E-state index contributed by atoms with van der Waals surface area (Å²) in [7, 11) is 0. The van der Waals surface area contributed by atoms with Gasteiger partial charge in [-0.3, -0.25) is 4.79 Å². The molecule has 21 heavy (non-hydrogen) atoms. The summed E-state index contributed by atoms with van der Waals surface area (Å²) in [5, 5.41) is 11.2. The van der Waals surface area contributed by atoms with Gasteiger partial charge in [0.05, 0.1) is 6.61 Å². The monoisotopic (exact) mass is 357 g/mol. The standard InChI is InChI=1S/C15H20BrNO4/c1-2-11(9-12-5-3-4-6-13(12)16)15(20)17-7-8-21-10-14(18)19/h3-6,11H,2,7-10H2,1H3,(H,17,20)(H,18,19). The zero-order chi connectivity index (χ0) is 15.7. The number of carboxylic acids is 1. The van der Waals surface area contributed by atoms with Crippen molar-refractivity contribution in [3.05, 3.63) is 34.3 Å². The summed E-state index contributed by atoms with van der Waals surface area (Å²) in [6.45, 7) is 2.15. The van der Waals surface area contributed by atoms with E-state index in [0.29, 0.717) is 13.0 Å². The van der Waals surface area contributed by atoms with Crippen LogP contribution in [-0.4, -0.2) is 36.7 Å². The van der Waals surface area contributed by atoms with E-state index in [4.69, 9.17) is 9.84 Å². The Bertz CT molecular complexity index is 478. The van der Waals surface area contributed by atoms with Crippen LogP contribution < -0.4 is 5.32 Å². The number of carboxylic acid groups (broad SMARTS) is 1. The van der Waals surface area contributed by atoms with E-state index in [1.165, 1.54) is 0 Å². The third-order valence-corrected chi connectivity index (χ3v) is 3.83. The lowest BCUT2D eigenvalue weighted by atomic mass is 9.96. The van der Waals surface area contributed by atoms with Crippen LogP contribution in [0.1, 0.15) is 18.9 Å². The fourth-order valence-electron chi connectivity index (χ4n) is 1.90. The van der Waals surface area contributed by atoms with Crippen LogP contribution in [0.3, 0.4) is 0 Å². The Balaban J connectivity index is 2.39. The average molecular weight is 358 g/mol. The van der Waals surface area contributed by atoms with Crippen LogP contribution in [0.2, 0.25) is 0 Å². The van der Waals surface area contributed by atoms with Gasteiger partial charge in [-0.15, -0.1) is 0 Å². The molecule has 0 saturated carbocycles. The Labute approximate surface area is 132 Å². The SMILES string of the molecule is CCC(Cc1ccccc1Br)C(=O)NCCOCC(=O)O. The number of amides is 1. The van der Waals surface area contributed by atoms with E-state index in [2.05, 4.69) is 21.2 Å². The third-order valence-electron chi connectivity index (χ3n) is 3.06. The van der Waals surface area contributed by atoms with Crippen molar-refractivity contribution in [1.82, 2.24) is 5.32 Å². The zero-order valence-corrected chi connectivity index (χ0v) is 13.6. The van der Waals surface area contributed by atoms with E-state index in [0.717, 1.165) is 16.5 Å². The molecule has 5 nitrogen and oxygen atoms in total. The molecule has 0 bridgehead atoms. The molecule has 6 heteroatoms. The van der Waals surface area contributed by atoms with E-state index in [9.17, 15) is 9.59 Å². The number of ether oxygens (including phenoxy) is 1. The molecule has 0 spiro atoms. The first-order chi connectivity index (χ1) is 10.0. The van der Waals surface area contributed by atoms with Crippen molar-refractivity contribution in [3.8, 4) is 0 Å². The van der Waals surface area contributed by atoms with Crippen LogP contribution in [0.25, 0.3) is 0 Å². The van der Waals surface area contributed by atoms with Crippen LogP contribution >= 0.6 is 15.9 Å². The fourth-order valence-corrected chi connectivity index (χ4v) is 2.35. The van der Waals surface area contributed by atoms with E-state index < -0.39 is 5.97 Å². The molecule has 0 fully saturated rings. The molecular weight excluding hydrogens is 338 g/mol. The van der Waals surface area contributed by atoms with Gasteiger partial charge in [0, 0.05) is 16.9 Å². The van der Waals surface area contributed by atoms with Crippen molar-refractivity contribution < 1.29 is 19.4 Å². The molecule has 1 amide bonds. The van der Waals surface area contributed by atoms with Gasteiger partial charge in [-0.25, -0.2) is 4.79 Å². The van der Waals surface area contributed by atoms with Crippen molar-refractivity contribution in [2.75, 3.05) is 19.8 Å². The highest BCUT2D eigenvalue weighted by Crippen LogP contribution is 2.21. The highest BCUT2D eigenvalue weighted by atomic mass is 79.9. The van der Waals surface area contributed by atoms with Gasteiger partial charge in [-0.1, -0.05) is 41.1 Å². The minimum Gasteiger partial charge on any atom is -0.480 e. The van der Waals surface area contributed by atoms with Gasteiger partial charge < -0.3 is 15.2 Å². The van der Waals surface area contributed by atoms with Crippen molar-refractivity contribution in [1.29, 1.82) is 0 Å². The largest absolute Gasteiger partial charge is 0.480 e. The number of carbonyl (C=O) groups is 2. The molecule has 1 unspecified atom stereocenters. The molecular formula is C15H20BrNO4. The molecule has 0 saturated heterocycles. The van der Waals surface area contributed by atoms with Crippen LogP contribution in [0, 0.1) is 5.92 Å². The van der Waals surface area contributed by atoms with E-state index >= 15 is 0 Å². The second-order valence-corrected chi connectivity index (χ2v) is 5.49. The second-order valence-electron chi connectivity index (χ2n) is 4.64. The van der Waals surface area contributed by atoms with Crippen LogP contribution in [-0.2, 0) is 20.7 Å². The maximum Gasteiger partial charge on any atom is 0.329 e. The Hall–Kier alpha value is -1.40. The molecule has 0 aromatic heterocycles. The number of halogens is 1. The van der Waals surface area contributed by atoms with Crippen molar-refractivity contribution in [2.45, 2.75) is 19.8 Å². The number of aliphatic carboxylic acids is 1. The summed E-state index contributed by atoms with van der Waals surface area (Å²) in [6, 6.07) is 7.84. The maximum atomic E-state index is 12.1. The lowest BCUT2D eigenvalue weighted by Gasteiger charge is -2.16. The van der Waals surface area contributed by atoms with E-state index in [1.807, 2.05) is 31.2 Å². The van der Waals surface area contributed by atoms with Gasteiger partial charge in [0.15, 0.2) is 0 Å². The minimum atomic E-state index is -1.01. The summed E-state index contributed by atoms with van der Waals surface area (Å²) >= 11 is 3.48. The first-order valence-corrected chi connectivity index (χ1v) is 7.64. The van der Waals surface area contributed by atoms with Gasteiger partial charge in [-0.05, 0) is 24.5 Å². The van der Waals surface area contributed by atoms with Crippen LogP contribution in [0.5, 0.6) is 0 Å². The number of rotatable bonds is 9. The maximum absolute atomic E-state index is 12.1. The minimum absolute atomic E-state index is 0.0350. The molecule has 1 atom stereocenters. The molecule has 1 rings (SSSR count). The second kappa shape index (κ2) is 9.52. The summed E-state index contributed by atoms with van der Waals surface area (Å²) < 4.78 is 5.88. The Morgan fingerprint density at radius 1 is 1.38 bits per heavy atom. The number of benzene rings is 1. The van der Waals surface area contributed by atoms with E-state index in [-0.39, 0.29) is 25.0 Å². The molecule has 0 aliphatic rings. The quantitative estimate of drug-likeness (QED) is 0.664. The van der Waals surface area contributed by atoms with Gasteiger partial charge in [-0.2, -0.15) is 0 Å². The van der Waals surface area contributed by atoms with E-state index in [1.54, 1.807) is 0 Å². The van der Waals surface area contributed by atoms with Crippen molar-refractivity contribution in [2.24, 2.45) is 5.92 Å². The Morgan fingerprint density at radius 3 is 2.71 bits per heavy atom. The highest BCUT2D eigenvalue weighted by Gasteiger charge is 2.17. The summed E-state index contributed by atoms with van der Waals surface area (Å²) in [5.41, 5.74) is 1.10. The molecule has 0 aliphatic carbocycles. The predicted molar refractivity (Wildman–Crippen MR) is 83.1 cm³/mol. The number of carbonyl (C=O) groups excluding carboxylic acids is 1. The number of nitrogens with one attached hydrogen (secondary N) is 1. The van der Waals surface area contributed by atoms with Crippen molar-refractivity contribution >= 4 is 27.8 Å². The lowest BCUT2D eigenvalue weighted by Crippen LogP contribution is -2.34. The zero-order valence-electron chi connectivity index (χ0n) is 12.0. The van der Waals surface area contributed by atoms with Gasteiger partial charge in [0.2, 0.25) is 5.91 Å². The van der Waals surface area contributed by atoms with Gasteiger partial charge in [0.1, 0.15) is 6.61 Å². The number of hydrogen-bond acceptors (Lipinski definition) is 3. The summed E-state index contributed by atoms with van der Waals surface area (Å²) in [6.07, 6.45) is 1.41. The first-order valence-electron chi connectivity index (χ1n) is 6.85. The van der Waals surface area contributed by atoms with Crippen molar-refractivity contribution in [3.63, 3.8) is 0 Å². The molecule has 2 N–H and O–H groups in total. The molecule has 116 valence electrons. The molecule has 0 aliphatic heterocycles. The molecule has 1 aromatic rings. The fraction of sp³-hybridized carbons (Fsp3) is 0.467. The van der Waals surface area contributed by atoms with Crippen LogP contribution in [0.15, 0.2) is 28.7 Å². The first kappa shape index (κ1) is 17.7. The Kier molecular flexibility index (Phi) is 8.00. The lowest BCUT2D eigenvalue weighted by molar-refractivity contribution is -0.142. The smallest absolute Gasteiger partial charge is 0.329 e. The summed E-state index contributed by atoms with van der Waals surface area (Å²) in [4.78, 5) is 22.4. The number of hydrogen-bond donors (Lipinski definition) is 2. The van der Waals surface area contributed by atoms with Gasteiger partial charge in [0.25, 0.3) is 0 Å². The highest BCUT2D eigenvalue weighted by molar-refractivity contribution is 9.10. The molecule has 0 heterocycles. The average Bonchev–Trinajstić information content (AvgIpc) is 2.45. The van der Waals surface area contributed by atoms with Gasteiger partial charge >= 0.3 is 5.97 Å². The normalized spacial score (nSPS) is 11.9. The third kappa shape index (κ3) is 6.73. The molecule has 1 aromatic carbocycles.